The van der Waals surface area contributed by atoms with Crippen LogP contribution in [0.1, 0.15) is 4.88 Å². The third-order valence-corrected chi connectivity index (χ3v) is 3.09. The lowest BCUT2D eigenvalue weighted by molar-refractivity contribution is -0.120. The molecule has 1 amide bonds. The van der Waals surface area contributed by atoms with Crippen molar-refractivity contribution in [1.82, 2.24) is 10.6 Å². The van der Waals surface area contributed by atoms with E-state index in [1.165, 1.54) is 11.3 Å². The van der Waals surface area contributed by atoms with Crippen LogP contribution in [0.4, 0.5) is 0 Å². The van der Waals surface area contributed by atoms with Crippen molar-refractivity contribution in [1.29, 1.82) is 0 Å². The van der Waals surface area contributed by atoms with Crippen LogP contribution in [-0.4, -0.2) is 32.7 Å². The number of ether oxygens (including phenoxy) is 1. The number of hydrogen-bond acceptors (Lipinski definition) is 4. The molecule has 0 atom stereocenters. The third-order valence-electron chi connectivity index (χ3n) is 1.86. The van der Waals surface area contributed by atoms with Gasteiger partial charge < -0.3 is 15.4 Å². The van der Waals surface area contributed by atoms with Crippen LogP contribution in [0, 0.1) is 0 Å². The maximum Gasteiger partial charge on any atom is 0.234 e. The number of thiophene rings is 1. The SMILES string of the molecule is COCCNCC(=O)NCc1ccc(Cl)s1. The Bertz CT molecular complexity index is 330. The van der Waals surface area contributed by atoms with E-state index in [0.29, 0.717) is 26.2 Å². The Morgan fingerprint density at radius 1 is 1.56 bits per heavy atom. The number of halogens is 1. The van der Waals surface area contributed by atoms with Gasteiger partial charge in [0, 0.05) is 18.5 Å². The molecule has 1 aromatic heterocycles. The molecule has 0 aliphatic heterocycles. The van der Waals surface area contributed by atoms with Crippen LogP contribution < -0.4 is 10.6 Å². The van der Waals surface area contributed by atoms with Crippen molar-refractivity contribution < 1.29 is 9.53 Å². The lowest BCUT2D eigenvalue weighted by atomic mass is 10.4. The van der Waals surface area contributed by atoms with Crippen molar-refractivity contribution in [2.45, 2.75) is 6.54 Å². The molecular weight excluding hydrogens is 248 g/mol. The lowest BCUT2D eigenvalue weighted by Gasteiger charge is -2.05. The molecule has 0 saturated carbocycles. The van der Waals surface area contributed by atoms with E-state index in [-0.39, 0.29) is 5.91 Å². The Hall–Kier alpha value is -0.620. The van der Waals surface area contributed by atoms with E-state index in [0.717, 1.165) is 9.21 Å². The van der Waals surface area contributed by atoms with Crippen LogP contribution in [-0.2, 0) is 16.1 Å². The molecule has 0 bridgehead atoms. The maximum atomic E-state index is 11.3. The minimum atomic E-state index is -0.0272. The average molecular weight is 263 g/mol. The second-order valence-electron chi connectivity index (χ2n) is 3.15. The van der Waals surface area contributed by atoms with Gasteiger partial charge in [-0.15, -0.1) is 11.3 Å². The molecule has 0 unspecified atom stereocenters. The molecule has 1 rings (SSSR count). The minimum absolute atomic E-state index is 0.0272. The lowest BCUT2D eigenvalue weighted by Crippen LogP contribution is -2.34. The Morgan fingerprint density at radius 2 is 2.38 bits per heavy atom. The Morgan fingerprint density at radius 3 is 3.00 bits per heavy atom. The molecule has 0 fully saturated rings. The first-order chi connectivity index (χ1) is 7.72. The molecule has 6 heteroatoms. The quantitative estimate of drug-likeness (QED) is 0.728. The van der Waals surface area contributed by atoms with E-state index in [1.54, 1.807) is 7.11 Å². The minimum Gasteiger partial charge on any atom is -0.383 e. The van der Waals surface area contributed by atoms with Gasteiger partial charge >= 0.3 is 0 Å². The first-order valence-corrected chi connectivity index (χ1v) is 6.12. The second-order valence-corrected chi connectivity index (χ2v) is 4.95. The number of rotatable bonds is 7. The Labute approximate surface area is 104 Å². The highest BCUT2D eigenvalue weighted by molar-refractivity contribution is 7.16. The molecule has 0 aliphatic rings. The molecule has 0 saturated heterocycles. The first kappa shape index (κ1) is 13.4. The predicted octanol–water partition coefficient (Wildman–Crippen LogP) is 1.25. The zero-order chi connectivity index (χ0) is 11.8. The normalized spacial score (nSPS) is 10.4. The number of methoxy groups -OCH3 is 1. The van der Waals surface area contributed by atoms with Gasteiger partial charge in [0.15, 0.2) is 0 Å². The van der Waals surface area contributed by atoms with Crippen LogP contribution in [0.15, 0.2) is 12.1 Å². The van der Waals surface area contributed by atoms with Gasteiger partial charge in [0.1, 0.15) is 0 Å². The van der Waals surface area contributed by atoms with Crippen molar-refractivity contribution in [2.24, 2.45) is 0 Å². The summed E-state index contributed by atoms with van der Waals surface area (Å²) in [4.78, 5) is 12.4. The summed E-state index contributed by atoms with van der Waals surface area (Å²) in [6.45, 7) is 2.12. The fourth-order valence-electron chi connectivity index (χ4n) is 1.07. The highest BCUT2D eigenvalue weighted by Crippen LogP contribution is 2.20. The second kappa shape index (κ2) is 7.62. The highest BCUT2D eigenvalue weighted by atomic mass is 35.5. The molecule has 0 aliphatic carbocycles. The summed E-state index contributed by atoms with van der Waals surface area (Å²) >= 11 is 7.25. The summed E-state index contributed by atoms with van der Waals surface area (Å²) in [7, 11) is 1.63. The molecule has 4 nitrogen and oxygen atoms in total. The Balaban J connectivity index is 2.10. The summed E-state index contributed by atoms with van der Waals surface area (Å²) < 4.78 is 5.59. The van der Waals surface area contributed by atoms with E-state index >= 15 is 0 Å². The third kappa shape index (κ3) is 5.46. The number of nitrogens with one attached hydrogen (secondary N) is 2. The average Bonchev–Trinajstić information content (AvgIpc) is 2.68. The van der Waals surface area contributed by atoms with Crippen LogP contribution in [0.25, 0.3) is 0 Å². The zero-order valence-corrected chi connectivity index (χ0v) is 10.7. The summed E-state index contributed by atoms with van der Waals surface area (Å²) in [6, 6.07) is 3.73. The van der Waals surface area contributed by atoms with Crippen LogP contribution in [0.5, 0.6) is 0 Å². The van der Waals surface area contributed by atoms with Crippen molar-refractivity contribution >= 4 is 28.8 Å². The first-order valence-electron chi connectivity index (χ1n) is 4.93. The molecular formula is C10H15ClN2O2S. The molecule has 90 valence electrons. The van der Waals surface area contributed by atoms with Crippen molar-refractivity contribution in [3.63, 3.8) is 0 Å². The van der Waals surface area contributed by atoms with Gasteiger partial charge in [-0.3, -0.25) is 4.79 Å². The van der Waals surface area contributed by atoms with Gasteiger partial charge in [-0.1, -0.05) is 11.6 Å². The summed E-state index contributed by atoms with van der Waals surface area (Å²) in [5, 5.41) is 5.77. The number of carbonyl (C=O) groups is 1. The number of carbonyl (C=O) groups excluding carboxylic acids is 1. The van der Waals surface area contributed by atoms with Crippen LogP contribution >= 0.6 is 22.9 Å². The summed E-state index contributed by atoms with van der Waals surface area (Å²) in [5.41, 5.74) is 0. The van der Waals surface area contributed by atoms with E-state index in [1.807, 2.05) is 12.1 Å². The van der Waals surface area contributed by atoms with Crippen LogP contribution in [0.2, 0.25) is 4.34 Å². The fourth-order valence-corrected chi connectivity index (χ4v) is 2.10. The maximum absolute atomic E-state index is 11.3. The van der Waals surface area contributed by atoms with Crippen LogP contribution in [0.3, 0.4) is 0 Å². The number of hydrogen-bond donors (Lipinski definition) is 2. The van der Waals surface area contributed by atoms with Crippen molar-refractivity contribution in [3.8, 4) is 0 Å². The smallest absolute Gasteiger partial charge is 0.234 e. The highest BCUT2D eigenvalue weighted by Gasteiger charge is 2.02. The topological polar surface area (TPSA) is 50.4 Å². The Kier molecular flexibility index (Phi) is 6.40. The van der Waals surface area contributed by atoms with Gasteiger partial charge in [0.25, 0.3) is 0 Å². The predicted molar refractivity (Wildman–Crippen MR) is 65.9 cm³/mol. The number of amides is 1. The molecule has 0 aromatic carbocycles. The molecule has 1 heterocycles. The van der Waals surface area contributed by atoms with Gasteiger partial charge in [-0.2, -0.15) is 0 Å². The largest absolute Gasteiger partial charge is 0.383 e. The van der Waals surface area contributed by atoms with Gasteiger partial charge in [0.2, 0.25) is 5.91 Å². The summed E-state index contributed by atoms with van der Waals surface area (Å²) in [6.07, 6.45) is 0. The molecule has 1 aromatic rings. The standard InChI is InChI=1S/C10H15ClN2O2S/c1-15-5-4-12-7-10(14)13-6-8-2-3-9(11)16-8/h2-3,12H,4-7H2,1H3,(H,13,14). The van der Waals surface area contributed by atoms with Gasteiger partial charge in [-0.25, -0.2) is 0 Å². The van der Waals surface area contributed by atoms with E-state index < -0.39 is 0 Å². The fraction of sp³-hybridized carbons (Fsp3) is 0.500. The van der Waals surface area contributed by atoms with Crippen molar-refractivity contribution in [2.75, 3.05) is 26.8 Å². The molecule has 16 heavy (non-hydrogen) atoms. The van der Waals surface area contributed by atoms with E-state index in [9.17, 15) is 4.79 Å². The van der Waals surface area contributed by atoms with Crippen molar-refractivity contribution in [3.05, 3.63) is 21.3 Å². The van der Waals surface area contributed by atoms with E-state index in [2.05, 4.69) is 10.6 Å². The van der Waals surface area contributed by atoms with Gasteiger partial charge in [0.05, 0.1) is 24.0 Å². The van der Waals surface area contributed by atoms with Gasteiger partial charge in [-0.05, 0) is 12.1 Å². The molecule has 0 radical (unpaired) electrons. The van der Waals surface area contributed by atoms with E-state index in [4.69, 9.17) is 16.3 Å². The summed E-state index contributed by atoms with van der Waals surface area (Å²) in [5.74, 6) is -0.0272. The molecule has 2 N–H and O–H groups in total. The molecule has 0 spiro atoms. The monoisotopic (exact) mass is 262 g/mol. The zero-order valence-electron chi connectivity index (χ0n) is 9.09.